The van der Waals surface area contributed by atoms with Crippen LogP contribution in [0.5, 0.6) is 6.01 Å². The summed E-state index contributed by atoms with van der Waals surface area (Å²) in [5, 5.41) is 13.7. The van der Waals surface area contributed by atoms with E-state index in [2.05, 4.69) is 10.1 Å². The number of ether oxygens (including phenoxy) is 1. The second-order valence-corrected chi connectivity index (χ2v) is 2.01. The van der Waals surface area contributed by atoms with Crippen molar-refractivity contribution in [1.82, 2.24) is 14.8 Å². The van der Waals surface area contributed by atoms with Gasteiger partial charge in [-0.3, -0.25) is 0 Å². The Morgan fingerprint density at radius 2 is 2.42 bits per heavy atom. The third kappa shape index (κ3) is 1.49. The first-order valence-corrected chi connectivity index (χ1v) is 3.33. The van der Waals surface area contributed by atoms with Crippen LogP contribution in [0.2, 0.25) is 0 Å². The van der Waals surface area contributed by atoms with E-state index in [0.29, 0.717) is 6.61 Å². The third-order valence-electron chi connectivity index (χ3n) is 1.15. The first-order chi connectivity index (χ1) is 5.65. The summed E-state index contributed by atoms with van der Waals surface area (Å²) in [5.74, 6) is -0.444. The molecule has 66 valence electrons. The molecule has 0 saturated heterocycles. The number of nitro groups is 1. The highest BCUT2D eigenvalue weighted by molar-refractivity contribution is 5.07. The van der Waals surface area contributed by atoms with Crippen molar-refractivity contribution in [2.24, 2.45) is 7.05 Å². The van der Waals surface area contributed by atoms with Crippen molar-refractivity contribution in [3.63, 3.8) is 0 Å². The quantitative estimate of drug-likeness (QED) is 0.477. The molecule has 0 radical (unpaired) electrons. The first kappa shape index (κ1) is 8.44. The largest absolute Gasteiger partial charge is 0.494 e. The van der Waals surface area contributed by atoms with Crippen molar-refractivity contribution in [2.75, 3.05) is 6.61 Å². The summed E-state index contributed by atoms with van der Waals surface area (Å²) in [4.78, 5) is 13.0. The van der Waals surface area contributed by atoms with E-state index >= 15 is 0 Å². The zero-order valence-electron chi connectivity index (χ0n) is 6.72. The molecular formula is C5H8N4O3. The average molecular weight is 172 g/mol. The van der Waals surface area contributed by atoms with Crippen LogP contribution in [0.3, 0.4) is 0 Å². The highest BCUT2D eigenvalue weighted by Gasteiger charge is 2.19. The summed E-state index contributed by atoms with van der Waals surface area (Å²) in [5.41, 5.74) is 0. The molecule has 0 aliphatic rings. The van der Waals surface area contributed by atoms with Gasteiger partial charge in [-0.05, 0) is 16.8 Å². The molecule has 1 aromatic heterocycles. The fourth-order valence-electron chi connectivity index (χ4n) is 0.689. The Labute approximate surface area is 68.1 Å². The SMILES string of the molecule is CCOc1nc([N+](=O)[O-])nn1C. The first-order valence-electron chi connectivity index (χ1n) is 3.33. The molecule has 7 nitrogen and oxygen atoms in total. The summed E-state index contributed by atoms with van der Waals surface area (Å²) >= 11 is 0. The predicted molar refractivity (Wildman–Crippen MR) is 38.8 cm³/mol. The molecule has 0 spiro atoms. The van der Waals surface area contributed by atoms with Crippen molar-refractivity contribution in [2.45, 2.75) is 6.92 Å². The highest BCUT2D eigenvalue weighted by Crippen LogP contribution is 2.10. The Hall–Kier alpha value is -1.66. The van der Waals surface area contributed by atoms with Crippen LogP contribution in [0.1, 0.15) is 6.92 Å². The van der Waals surface area contributed by atoms with Crippen LogP contribution < -0.4 is 4.74 Å². The predicted octanol–water partition coefficient (Wildman–Crippen LogP) is 0.122. The summed E-state index contributed by atoms with van der Waals surface area (Å²) < 4.78 is 6.18. The molecule has 0 saturated carbocycles. The maximum absolute atomic E-state index is 10.2. The molecule has 7 heteroatoms. The zero-order chi connectivity index (χ0) is 9.14. The lowest BCUT2D eigenvalue weighted by Crippen LogP contribution is -1.99. The summed E-state index contributed by atoms with van der Waals surface area (Å²) in [7, 11) is 1.53. The number of rotatable bonds is 3. The van der Waals surface area contributed by atoms with E-state index in [9.17, 15) is 10.1 Å². The zero-order valence-corrected chi connectivity index (χ0v) is 6.72. The summed E-state index contributed by atoms with van der Waals surface area (Å²) in [6, 6.07) is 0.157. The van der Waals surface area contributed by atoms with Crippen LogP contribution in [0.4, 0.5) is 5.95 Å². The topological polar surface area (TPSA) is 83.1 Å². The molecule has 1 heterocycles. The van der Waals surface area contributed by atoms with Crippen molar-refractivity contribution in [3.05, 3.63) is 10.1 Å². The van der Waals surface area contributed by atoms with Crippen LogP contribution in [0.25, 0.3) is 0 Å². The van der Waals surface area contributed by atoms with E-state index in [0.717, 1.165) is 0 Å². The second-order valence-electron chi connectivity index (χ2n) is 2.01. The van der Waals surface area contributed by atoms with Gasteiger partial charge in [-0.1, -0.05) is 0 Å². The molecule has 0 atom stereocenters. The lowest BCUT2D eigenvalue weighted by molar-refractivity contribution is -0.394. The van der Waals surface area contributed by atoms with Gasteiger partial charge in [-0.15, -0.1) is 4.68 Å². The van der Waals surface area contributed by atoms with Gasteiger partial charge in [0.15, 0.2) is 0 Å². The van der Waals surface area contributed by atoms with Gasteiger partial charge in [0.1, 0.15) is 0 Å². The standard InChI is InChI=1S/C5H8N4O3/c1-3-12-5-6-4(9(10)11)7-8(5)2/h3H2,1-2H3. The van der Waals surface area contributed by atoms with E-state index in [1.165, 1.54) is 11.7 Å². The molecule has 12 heavy (non-hydrogen) atoms. The average Bonchev–Trinajstić information content (AvgIpc) is 2.34. The Balaban J connectivity index is 2.92. The number of aromatic nitrogens is 3. The molecule has 0 bridgehead atoms. The van der Waals surface area contributed by atoms with E-state index in [-0.39, 0.29) is 6.01 Å². The van der Waals surface area contributed by atoms with Gasteiger partial charge in [0.05, 0.1) is 13.7 Å². The minimum atomic E-state index is -0.664. The van der Waals surface area contributed by atoms with E-state index in [1.54, 1.807) is 6.92 Å². The number of hydrogen-bond donors (Lipinski definition) is 0. The van der Waals surface area contributed by atoms with Gasteiger partial charge in [-0.2, -0.15) is 0 Å². The van der Waals surface area contributed by atoms with E-state index < -0.39 is 10.9 Å². The minimum Gasteiger partial charge on any atom is -0.451 e. The molecule has 0 unspecified atom stereocenters. The van der Waals surface area contributed by atoms with Gasteiger partial charge < -0.3 is 14.9 Å². The molecule has 0 aromatic carbocycles. The van der Waals surface area contributed by atoms with Crippen molar-refractivity contribution < 1.29 is 9.66 Å². The Bertz CT molecular complexity index is 295. The van der Waals surface area contributed by atoms with Crippen LogP contribution in [0.15, 0.2) is 0 Å². The van der Waals surface area contributed by atoms with E-state index in [4.69, 9.17) is 4.74 Å². The summed E-state index contributed by atoms with van der Waals surface area (Å²) in [6.07, 6.45) is 0. The third-order valence-corrected chi connectivity index (χ3v) is 1.15. The van der Waals surface area contributed by atoms with Crippen LogP contribution in [-0.2, 0) is 7.05 Å². The lowest BCUT2D eigenvalue weighted by Gasteiger charge is -1.92. The molecule has 0 aliphatic heterocycles. The minimum absolute atomic E-state index is 0.157. The fourth-order valence-corrected chi connectivity index (χ4v) is 0.689. The fraction of sp³-hybridized carbons (Fsp3) is 0.600. The van der Waals surface area contributed by atoms with Crippen molar-refractivity contribution in [3.8, 4) is 6.01 Å². The van der Waals surface area contributed by atoms with Gasteiger partial charge in [0.25, 0.3) is 0 Å². The van der Waals surface area contributed by atoms with Crippen molar-refractivity contribution in [1.29, 1.82) is 0 Å². The Morgan fingerprint density at radius 3 is 2.83 bits per heavy atom. The molecular weight excluding hydrogens is 164 g/mol. The summed E-state index contributed by atoms with van der Waals surface area (Å²) in [6.45, 7) is 2.17. The van der Waals surface area contributed by atoms with Gasteiger partial charge in [0, 0.05) is 5.10 Å². The van der Waals surface area contributed by atoms with Crippen LogP contribution in [0, 0.1) is 10.1 Å². The molecule has 0 aliphatic carbocycles. The molecule has 0 N–H and O–H groups in total. The van der Waals surface area contributed by atoms with Crippen molar-refractivity contribution >= 4 is 5.95 Å². The van der Waals surface area contributed by atoms with Crippen LogP contribution in [-0.4, -0.2) is 26.3 Å². The second kappa shape index (κ2) is 3.16. The van der Waals surface area contributed by atoms with E-state index in [1.807, 2.05) is 0 Å². The van der Waals surface area contributed by atoms with Gasteiger partial charge in [0.2, 0.25) is 0 Å². The molecule has 0 amide bonds. The molecule has 1 rings (SSSR count). The normalized spacial score (nSPS) is 9.83. The van der Waals surface area contributed by atoms with Gasteiger partial charge >= 0.3 is 12.0 Å². The Kier molecular flexibility index (Phi) is 2.22. The number of nitrogens with zero attached hydrogens (tertiary/aromatic N) is 4. The molecule has 1 aromatic rings. The maximum Gasteiger partial charge on any atom is 0.494 e. The maximum atomic E-state index is 10.2. The number of hydrogen-bond acceptors (Lipinski definition) is 5. The lowest BCUT2D eigenvalue weighted by atomic mass is 10.9. The Morgan fingerprint density at radius 1 is 1.75 bits per heavy atom. The van der Waals surface area contributed by atoms with Crippen LogP contribution >= 0.6 is 0 Å². The molecule has 0 fully saturated rings. The smallest absolute Gasteiger partial charge is 0.451 e. The number of aryl methyl sites for hydroxylation is 1. The van der Waals surface area contributed by atoms with Gasteiger partial charge in [-0.25, -0.2) is 0 Å². The monoisotopic (exact) mass is 172 g/mol. The highest BCUT2D eigenvalue weighted by atomic mass is 16.6.